The van der Waals surface area contributed by atoms with E-state index >= 15 is 0 Å². The lowest BCUT2D eigenvalue weighted by Gasteiger charge is -2.15. The second kappa shape index (κ2) is 8.32. The summed E-state index contributed by atoms with van der Waals surface area (Å²) in [7, 11) is 5.21. The third-order valence-electron chi connectivity index (χ3n) is 3.35. The van der Waals surface area contributed by atoms with Gasteiger partial charge in [-0.05, 0) is 18.2 Å². The molecular formula is C18H22NO3+. The van der Waals surface area contributed by atoms with Gasteiger partial charge in [-0.1, -0.05) is 18.2 Å². The molecule has 0 unspecified atom stereocenters. The molecule has 0 saturated carbocycles. The first-order valence-corrected chi connectivity index (χ1v) is 7.14. The molecule has 2 rings (SSSR count). The minimum Gasteiger partial charge on any atom is -0.488 e. The van der Waals surface area contributed by atoms with Crippen molar-refractivity contribution >= 4 is 12.2 Å². The molecule has 0 aliphatic rings. The van der Waals surface area contributed by atoms with Gasteiger partial charge in [0.25, 0.3) is 0 Å². The predicted molar refractivity (Wildman–Crippen MR) is 86.3 cm³/mol. The molecule has 22 heavy (non-hydrogen) atoms. The zero-order valence-corrected chi connectivity index (χ0v) is 13.2. The molecule has 0 saturated heterocycles. The highest BCUT2D eigenvalue weighted by atomic mass is 16.7. The number of benzene rings is 1. The Morgan fingerprint density at radius 1 is 1.00 bits per heavy atom. The number of pyridine rings is 1. The van der Waals surface area contributed by atoms with Gasteiger partial charge in [-0.3, -0.25) is 0 Å². The number of methoxy groups -OCH3 is 2. The molecule has 2 aromatic rings. The van der Waals surface area contributed by atoms with Gasteiger partial charge in [0.2, 0.25) is 5.69 Å². The zero-order valence-electron chi connectivity index (χ0n) is 13.2. The average Bonchev–Trinajstić information content (AvgIpc) is 2.56. The maximum absolute atomic E-state index is 5.79. The lowest BCUT2D eigenvalue weighted by atomic mass is 10.1. The number of hydrogen-bond acceptors (Lipinski definition) is 3. The van der Waals surface area contributed by atoms with Gasteiger partial charge >= 0.3 is 0 Å². The van der Waals surface area contributed by atoms with Crippen LogP contribution in [0, 0.1) is 0 Å². The summed E-state index contributed by atoms with van der Waals surface area (Å²) < 4.78 is 18.1. The van der Waals surface area contributed by atoms with Crippen LogP contribution in [0.4, 0.5) is 0 Å². The lowest BCUT2D eigenvalue weighted by Crippen LogP contribution is -2.30. The van der Waals surface area contributed by atoms with Crippen molar-refractivity contribution in [3.8, 4) is 5.75 Å². The lowest BCUT2D eigenvalue weighted by molar-refractivity contribution is -0.673. The van der Waals surface area contributed by atoms with E-state index < -0.39 is 0 Å². The van der Waals surface area contributed by atoms with Crippen molar-refractivity contribution in [2.75, 3.05) is 20.8 Å². The largest absolute Gasteiger partial charge is 0.488 e. The summed E-state index contributed by atoms with van der Waals surface area (Å²) in [6.07, 6.45) is 5.75. The first kappa shape index (κ1) is 16.2. The molecule has 0 aliphatic carbocycles. The highest BCUT2D eigenvalue weighted by Crippen LogP contribution is 2.20. The van der Waals surface area contributed by atoms with Crippen molar-refractivity contribution in [3.63, 3.8) is 0 Å². The number of ether oxygens (including phenoxy) is 3. The van der Waals surface area contributed by atoms with E-state index in [1.165, 1.54) is 0 Å². The third-order valence-corrected chi connectivity index (χ3v) is 3.35. The highest BCUT2D eigenvalue weighted by Gasteiger charge is 2.08. The van der Waals surface area contributed by atoms with Crippen LogP contribution in [0.1, 0.15) is 11.3 Å². The van der Waals surface area contributed by atoms with Crippen molar-refractivity contribution in [2.45, 2.75) is 6.29 Å². The van der Waals surface area contributed by atoms with Gasteiger partial charge < -0.3 is 14.2 Å². The number of para-hydroxylation sites is 1. The normalized spacial score (nSPS) is 11.3. The summed E-state index contributed by atoms with van der Waals surface area (Å²) in [5, 5.41) is 0. The number of aromatic nitrogens is 1. The Hall–Kier alpha value is -2.17. The Morgan fingerprint density at radius 2 is 1.73 bits per heavy atom. The first-order chi connectivity index (χ1) is 10.7. The average molecular weight is 300 g/mol. The molecule has 0 radical (unpaired) electrons. The Labute approximate surface area is 131 Å². The van der Waals surface area contributed by atoms with E-state index in [9.17, 15) is 0 Å². The fourth-order valence-corrected chi connectivity index (χ4v) is 2.02. The van der Waals surface area contributed by atoms with Crippen molar-refractivity contribution < 1.29 is 18.8 Å². The molecule has 0 amide bonds. The van der Waals surface area contributed by atoms with Crippen LogP contribution in [0.25, 0.3) is 12.2 Å². The molecule has 0 atom stereocenters. The van der Waals surface area contributed by atoms with Crippen LogP contribution in [0.2, 0.25) is 0 Å². The zero-order chi connectivity index (χ0) is 15.8. The molecule has 4 heteroatoms. The SMILES string of the molecule is COC(COc1ccccc1C=Cc1cccc[n+]1C)OC. The molecular weight excluding hydrogens is 278 g/mol. The molecule has 1 aromatic heterocycles. The molecule has 1 aromatic carbocycles. The van der Waals surface area contributed by atoms with Crippen LogP contribution in [0.5, 0.6) is 5.75 Å². The maximum atomic E-state index is 5.79. The Morgan fingerprint density at radius 3 is 2.45 bits per heavy atom. The minimum atomic E-state index is -0.371. The number of hydrogen-bond donors (Lipinski definition) is 0. The Kier molecular flexibility index (Phi) is 6.13. The first-order valence-electron chi connectivity index (χ1n) is 7.14. The quantitative estimate of drug-likeness (QED) is 0.582. The summed E-state index contributed by atoms with van der Waals surface area (Å²) in [5.41, 5.74) is 2.13. The van der Waals surface area contributed by atoms with Crippen molar-refractivity contribution in [1.29, 1.82) is 0 Å². The van der Waals surface area contributed by atoms with Gasteiger partial charge in [0, 0.05) is 38.0 Å². The van der Waals surface area contributed by atoms with E-state index in [0.717, 1.165) is 17.0 Å². The van der Waals surface area contributed by atoms with E-state index in [1.54, 1.807) is 14.2 Å². The second-order valence-electron chi connectivity index (χ2n) is 4.82. The summed E-state index contributed by atoms with van der Waals surface area (Å²) in [5.74, 6) is 0.802. The van der Waals surface area contributed by atoms with Gasteiger partial charge in [0.05, 0.1) is 0 Å². The monoisotopic (exact) mass is 300 g/mol. The van der Waals surface area contributed by atoms with E-state index in [4.69, 9.17) is 14.2 Å². The third kappa shape index (κ3) is 4.41. The summed E-state index contributed by atoms with van der Waals surface area (Å²) in [6, 6.07) is 14.0. The summed E-state index contributed by atoms with van der Waals surface area (Å²) in [6.45, 7) is 0.344. The van der Waals surface area contributed by atoms with Crippen molar-refractivity contribution in [2.24, 2.45) is 7.05 Å². The molecule has 1 heterocycles. The van der Waals surface area contributed by atoms with Crippen LogP contribution in [-0.2, 0) is 16.5 Å². The van der Waals surface area contributed by atoms with E-state index in [-0.39, 0.29) is 6.29 Å². The molecule has 0 fully saturated rings. The van der Waals surface area contributed by atoms with Gasteiger partial charge in [0.1, 0.15) is 19.4 Å². The molecule has 0 N–H and O–H groups in total. The number of rotatable bonds is 7. The van der Waals surface area contributed by atoms with E-state index in [0.29, 0.717) is 6.61 Å². The summed E-state index contributed by atoms with van der Waals surface area (Å²) in [4.78, 5) is 0. The fraction of sp³-hybridized carbons (Fsp3) is 0.278. The standard InChI is InChI=1S/C18H22NO3/c1-19-13-7-6-9-16(19)12-11-15-8-4-5-10-17(15)22-14-18(20-2)21-3/h4-13,18H,14H2,1-3H3/q+1. The van der Waals surface area contributed by atoms with Crippen LogP contribution in [-0.4, -0.2) is 27.1 Å². The smallest absolute Gasteiger partial charge is 0.204 e. The topological polar surface area (TPSA) is 31.6 Å². The van der Waals surface area contributed by atoms with Gasteiger partial charge in [0.15, 0.2) is 12.5 Å². The molecule has 0 aliphatic heterocycles. The summed E-state index contributed by atoms with van der Waals surface area (Å²) >= 11 is 0. The minimum absolute atomic E-state index is 0.344. The fourth-order valence-electron chi connectivity index (χ4n) is 2.02. The number of nitrogens with zero attached hydrogens (tertiary/aromatic N) is 1. The highest BCUT2D eigenvalue weighted by molar-refractivity contribution is 5.70. The van der Waals surface area contributed by atoms with Crippen LogP contribution in [0.3, 0.4) is 0 Å². The van der Waals surface area contributed by atoms with Crippen molar-refractivity contribution in [3.05, 3.63) is 59.9 Å². The van der Waals surface area contributed by atoms with Gasteiger partial charge in [-0.15, -0.1) is 0 Å². The number of aryl methyl sites for hydroxylation is 1. The van der Waals surface area contributed by atoms with Gasteiger partial charge in [-0.2, -0.15) is 0 Å². The maximum Gasteiger partial charge on any atom is 0.204 e. The molecule has 0 spiro atoms. The van der Waals surface area contributed by atoms with Crippen LogP contribution in [0.15, 0.2) is 48.7 Å². The van der Waals surface area contributed by atoms with Crippen LogP contribution < -0.4 is 9.30 Å². The van der Waals surface area contributed by atoms with Crippen LogP contribution >= 0.6 is 0 Å². The molecule has 0 bridgehead atoms. The predicted octanol–water partition coefficient (Wildman–Crippen LogP) is 2.68. The molecule has 4 nitrogen and oxygen atoms in total. The van der Waals surface area contributed by atoms with E-state index in [1.807, 2.05) is 55.7 Å². The second-order valence-corrected chi connectivity index (χ2v) is 4.82. The Bertz CT molecular complexity index is 621. The van der Waals surface area contributed by atoms with Crippen molar-refractivity contribution in [1.82, 2.24) is 0 Å². The Balaban J connectivity index is 2.13. The molecule has 116 valence electrons. The van der Waals surface area contributed by atoms with E-state index in [2.05, 4.69) is 16.7 Å². The van der Waals surface area contributed by atoms with Gasteiger partial charge in [-0.25, -0.2) is 4.57 Å².